The molecule has 0 aromatic rings. The number of nitrogens with zero attached hydrogens (tertiary/aromatic N) is 2. The highest BCUT2D eigenvalue weighted by Crippen LogP contribution is 2.15. The van der Waals surface area contributed by atoms with Crippen LogP contribution in [-0.4, -0.2) is 59.9 Å². The van der Waals surface area contributed by atoms with Gasteiger partial charge in [-0.05, 0) is 31.8 Å². The quantitative estimate of drug-likeness (QED) is 0.581. The maximum atomic E-state index is 12.1. The number of rotatable bonds is 4. The van der Waals surface area contributed by atoms with Gasteiger partial charge in [-0.15, -0.1) is 0 Å². The van der Waals surface area contributed by atoms with Crippen LogP contribution in [0.25, 0.3) is 0 Å². The minimum atomic E-state index is -0.308. The van der Waals surface area contributed by atoms with E-state index in [4.69, 9.17) is 4.74 Å². The van der Waals surface area contributed by atoms with E-state index in [-0.39, 0.29) is 36.7 Å². The van der Waals surface area contributed by atoms with Crippen molar-refractivity contribution < 1.29 is 19.1 Å². The van der Waals surface area contributed by atoms with Gasteiger partial charge in [0.15, 0.2) is 0 Å². The lowest BCUT2D eigenvalue weighted by Crippen LogP contribution is -2.50. The Bertz CT molecular complexity index is 467. The second-order valence-corrected chi connectivity index (χ2v) is 6.13. The molecule has 0 aromatic carbocycles. The van der Waals surface area contributed by atoms with Crippen molar-refractivity contribution >= 4 is 17.8 Å². The van der Waals surface area contributed by atoms with E-state index in [0.717, 1.165) is 25.7 Å². The molecule has 1 saturated heterocycles. The summed E-state index contributed by atoms with van der Waals surface area (Å²) < 4.78 is 5.41. The fourth-order valence-electron chi connectivity index (χ4n) is 2.92. The van der Waals surface area contributed by atoms with Crippen LogP contribution >= 0.6 is 0 Å². The van der Waals surface area contributed by atoms with Gasteiger partial charge in [0.05, 0.1) is 6.42 Å². The molecular weight excluding hydrogens is 296 g/mol. The third-order valence-corrected chi connectivity index (χ3v) is 4.36. The van der Waals surface area contributed by atoms with Gasteiger partial charge in [0.1, 0.15) is 6.10 Å². The van der Waals surface area contributed by atoms with Crippen molar-refractivity contribution in [1.29, 1.82) is 0 Å². The fraction of sp³-hybridized carbons (Fsp3) is 0.706. The van der Waals surface area contributed by atoms with E-state index in [1.807, 2.05) is 6.08 Å². The van der Waals surface area contributed by atoms with Crippen LogP contribution in [0.3, 0.4) is 0 Å². The fourth-order valence-corrected chi connectivity index (χ4v) is 2.92. The van der Waals surface area contributed by atoms with E-state index in [9.17, 15) is 14.4 Å². The molecular formula is C17H26N2O4. The Kier molecular flexibility index (Phi) is 6.62. The number of amides is 2. The molecule has 2 aliphatic rings. The van der Waals surface area contributed by atoms with Crippen LogP contribution in [0.15, 0.2) is 12.2 Å². The molecule has 1 unspecified atom stereocenters. The summed E-state index contributed by atoms with van der Waals surface area (Å²) in [5.41, 5.74) is 0. The van der Waals surface area contributed by atoms with Crippen LogP contribution in [-0.2, 0) is 19.1 Å². The Morgan fingerprint density at radius 2 is 1.74 bits per heavy atom. The molecule has 1 atom stereocenters. The van der Waals surface area contributed by atoms with Crippen molar-refractivity contribution in [3.63, 3.8) is 0 Å². The van der Waals surface area contributed by atoms with Crippen molar-refractivity contribution in [1.82, 2.24) is 9.80 Å². The first-order chi connectivity index (χ1) is 11.1. The van der Waals surface area contributed by atoms with Gasteiger partial charge in [-0.25, -0.2) is 0 Å². The minimum Gasteiger partial charge on any atom is -0.458 e. The first kappa shape index (κ1) is 17.5. The summed E-state index contributed by atoms with van der Waals surface area (Å²) in [4.78, 5) is 38.7. The van der Waals surface area contributed by atoms with E-state index in [1.54, 1.807) is 9.80 Å². The van der Waals surface area contributed by atoms with Gasteiger partial charge in [-0.3, -0.25) is 14.4 Å². The van der Waals surface area contributed by atoms with Crippen molar-refractivity contribution in [3.8, 4) is 0 Å². The molecule has 0 bridgehead atoms. The Balaban J connectivity index is 1.67. The molecule has 2 amide bonds. The molecule has 0 aromatic heterocycles. The highest BCUT2D eigenvalue weighted by atomic mass is 16.5. The smallest absolute Gasteiger partial charge is 0.306 e. The molecule has 128 valence electrons. The zero-order valence-electron chi connectivity index (χ0n) is 13.8. The summed E-state index contributed by atoms with van der Waals surface area (Å²) in [6, 6.07) is 0. The van der Waals surface area contributed by atoms with Crippen molar-refractivity contribution in [2.75, 3.05) is 26.2 Å². The lowest BCUT2D eigenvalue weighted by molar-refractivity contribution is -0.149. The third-order valence-electron chi connectivity index (χ3n) is 4.36. The maximum Gasteiger partial charge on any atom is 0.306 e. The summed E-state index contributed by atoms with van der Waals surface area (Å²) in [6.45, 7) is 3.75. The van der Waals surface area contributed by atoms with Gasteiger partial charge in [-0.2, -0.15) is 0 Å². The summed E-state index contributed by atoms with van der Waals surface area (Å²) in [5, 5.41) is 0. The molecule has 1 aliphatic carbocycles. The molecule has 2 rings (SSSR count). The highest BCUT2D eigenvalue weighted by molar-refractivity contribution is 5.82. The van der Waals surface area contributed by atoms with Gasteiger partial charge in [0.25, 0.3) is 0 Å². The zero-order chi connectivity index (χ0) is 16.7. The first-order valence-corrected chi connectivity index (χ1v) is 8.45. The van der Waals surface area contributed by atoms with Crippen LogP contribution in [0.2, 0.25) is 0 Å². The first-order valence-electron chi connectivity index (χ1n) is 8.45. The Morgan fingerprint density at radius 1 is 1.04 bits per heavy atom. The van der Waals surface area contributed by atoms with Gasteiger partial charge in [0.2, 0.25) is 11.8 Å². The predicted octanol–water partition coefficient (Wildman–Crippen LogP) is 1.50. The number of hydrogen-bond acceptors (Lipinski definition) is 4. The lowest BCUT2D eigenvalue weighted by atomic mass is 10.2. The van der Waals surface area contributed by atoms with Crippen LogP contribution in [0, 0.1) is 0 Å². The average Bonchev–Trinajstić information content (AvgIpc) is 2.81. The predicted molar refractivity (Wildman–Crippen MR) is 85.6 cm³/mol. The normalized spacial score (nSPS) is 21.7. The van der Waals surface area contributed by atoms with Gasteiger partial charge in [0, 0.05) is 39.5 Å². The summed E-state index contributed by atoms with van der Waals surface area (Å²) in [7, 11) is 0. The highest BCUT2D eigenvalue weighted by Gasteiger charge is 2.23. The molecule has 23 heavy (non-hydrogen) atoms. The monoisotopic (exact) mass is 322 g/mol. The van der Waals surface area contributed by atoms with Crippen LogP contribution in [0.5, 0.6) is 0 Å². The van der Waals surface area contributed by atoms with Gasteiger partial charge >= 0.3 is 5.97 Å². The molecule has 6 heteroatoms. The number of allylic oxidation sites excluding steroid dienone is 1. The topological polar surface area (TPSA) is 66.9 Å². The van der Waals surface area contributed by atoms with Crippen molar-refractivity contribution in [2.45, 2.75) is 51.6 Å². The van der Waals surface area contributed by atoms with Crippen molar-refractivity contribution in [3.05, 3.63) is 12.2 Å². The summed E-state index contributed by atoms with van der Waals surface area (Å²) in [6.07, 6.45) is 8.27. The van der Waals surface area contributed by atoms with Gasteiger partial charge < -0.3 is 14.5 Å². The molecule has 0 radical (unpaired) electrons. The Morgan fingerprint density at radius 3 is 2.43 bits per heavy atom. The summed E-state index contributed by atoms with van der Waals surface area (Å²) in [5.74, 6) is -0.309. The van der Waals surface area contributed by atoms with E-state index in [0.29, 0.717) is 26.2 Å². The van der Waals surface area contributed by atoms with Crippen LogP contribution in [0.4, 0.5) is 0 Å². The zero-order valence-corrected chi connectivity index (χ0v) is 13.8. The number of hydrogen-bond donors (Lipinski definition) is 0. The van der Waals surface area contributed by atoms with E-state index < -0.39 is 0 Å². The third kappa shape index (κ3) is 5.69. The van der Waals surface area contributed by atoms with E-state index in [2.05, 4.69) is 6.08 Å². The van der Waals surface area contributed by atoms with E-state index in [1.165, 1.54) is 6.92 Å². The molecule has 1 fully saturated rings. The largest absolute Gasteiger partial charge is 0.458 e. The molecule has 0 N–H and O–H groups in total. The number of carbonyl (C=O) groups excluding carboxylic acids is 3. The second kappa shape index (κ2) is 8.70. The van der Waals surface area contributed by atoms with Gasteiger partial charge in [-0.1, -0.05) is 6.08 Å². The SMILES string of the molecule is CC(=O)N1CCN(C(=O)CCC(=O)OC2C=CCCCC2)CC1. The second-order valence-electron chi connectivity index (χ2n) is 6.13. The minimum absolute atomic E-state index is 0.0390. The molecule has 0 spiro atoms. The van der Waals surface area contributed by atoms with E-state index >= 15 is 0 Å². The maximum absolute atomic E-state index is 12.1. The molecule has 6 nitrogen and oxygen atoms in total. The Labute approximate surface area is 137 Å². The number of carbonyl (C=O) groups is 3. The number of ether oxygens (including phenoxy) is 1. The molecule has 1 aliphatic heterocycles. The van der Waals surface area contributed by atoms with Crippen LogP contribution < -0.4 is 0 Å². The lowest BCUT2D eigenvalue weighted by Gasteiger charge is -2.34. The molecule has 1 heterocycles. The number of piperazine rings is 1. The number of esters is 1. The standard InChI is InChI=1S/C17H26N2O4/c1-14(20)18-10-12-19(13-11-18)16(21)8-9-17(22)23-15-6-4-2-3-5-7-15/h4,6,15H,2-3,5,7-13H2,1H3. The Hall–Kier alpha value is -1.85. The summed E-state index contributed by atoms with van der Waals surface area (Å²) >= 11 is 0. The molecule has 0 saturated carbocycles. The van der Waals surface area contributed by atoms with Crippen molar-refractivity contribution in [2.24, 2.45) is 0 Å². The average molecular weight is 322 g/mol. The van der Waals surface area contributed by atoms with Crippen LogP contribution in [0.1, 0.15) is 45.4 Å².